The molecular formula is C17H23IN6O. The molecule has 0 unspecified atom stereocenters. The molecule has 8 heteroatoms. The molecule has 7 nitrogen and oxygen atoms in total. The van der Waals surface area contributed by atoms with Crippen LogP contribution in [0, 0.1) is 6.92 Å². The van der Waals surface area contributed by atoms with Crippen molar-refractivity contribution in [3.63, 3.8) is 0 Å². The summed E-state index contributed by atoms with van der Waals surface area (Å²) in [6.07, 6.45) is 1.67. The first-order valence-corrected chi connectivity index (χ1v) is 8.01. The van der Waals surface area contributed by atoms with Gasteiger partial charge in [0.25, 0.3) is 0 Å². The zero-order chi connectivity index (χ0) is 16.9. The minimum atomic E-state index is 0. The highest BCUT2D eigenvalue weighted by Gasteiger charge is 2.10. The standard InChI is InChI=1S/C17H22N6O.HI/c1-4-18-17(20-10-16-22-21-11-23(16)3)19-9-15-12(2)13-7-5-6-8-14(13)24-15;/h5-8,11H,4,9-10H2,1-3H3,(H2,18,19,20);1H. The average Bonchev–Trinajstić information content (AvgIpc) is 3.14. The normalized spacial score (nSPS) is 11.4. The molecule has 0 atom stereocenters. The van der Waals surface area contributed by atoms with Gasteiger partial charge < -0.3 is 19.6 Å². The fourth-order valence-corrected chi connectivity index (χ4v) is 2.50. The summed E-state index contributed by atoms with van der Waals surface area (Å²) >= 11 is 0. The number of rotatable bonds is 5. The van der Waals surface area contributed by atoms with E-state index in [2.05, 4.69) is 38.8 Å². The van der Waals surface area contributed by atoms with Gasteiger partial charge in [0.05, 0.1) is 6.54 Å². The molecule has 0 spiro atoms. The molecule has 0 fully saturated rings. The molecule has 2 heterocycles. The van der Waals surface area contributed by atoms with Crippen LogP contribution < -0.4 is 10.6 Å². The molecule has 0 amide bonds. The van der Waals surface area contributed by atoms with E-state index >= 15 is 0 Å². The third-order valence-corrected chi connectivity index (χ3v) is 3.89. The van der Waals surface area contributed by atoms with E-state index in [1.807, 2.05) is 36.7 Å². The van der Waals surface area contributed by atoms with Crippen molar-refractivity contribution >= 4 is 40.9 Å². The Morgan fingerprint density at radius 1 is 1.28 bits per heavy atom. The average molecular weight is 454 g/mol. The van der Waals surface area contributed by atoms with Crippen molar-refractivity contribution < 1.29 is 4.42 Å². The van der Waals surface area contributed by atoms with E-state index in [4.69, 9.17) is 4.42 Å². The van der Waals surface area contributed by atoms with Gasteiger partial charge in [0.2, 0.25) is 0 Å². The first-order chi connectivity index (χ1) is 11.7. The molecular weight excluding hydrogens is 431 g/mol. The van der Waals surface area contributed by atoms with Crippen molar-refractivity contribution in [2.24, 2.45) is 12.0 Å². The van der Waals surface area contributed by atoms with Crippen LogP contribution in [0.4, 0.5) is 0 Å². The predicted octanol–water partition coefficient (Wildman–Crippen LogP) is 2.74. The molecule has 0 saturated carbocycles. The van der Waals surface area contributed by atoms with E-state index in [9.17, 15) is 0 Å². The second-order valence-corrected chi connectivity index (χ2v) is 5.55. The lowest BCUT2D eigenvalue weighted by Gasteiger charge is -2.10. The maximum atomic E-state index is 5.93. The monoisotopic (exact) mass is 454 g/mol. The Morgan fingerprint density at radius 2 is 2.08 bits per heavy atom. The van der Waals surface area contributed by atoms with E-state index < -0.39 is 0 Å². The van der Waals surface area contributed by atoms with Gasteiger partial charge in [0, 0.05) is 24.5 Å². The summed E-state index contributed by atoms with van der Waals surface area (Å²) in [6, 6.07) is 8.06. The SMILES string of the molecule is CCNC(=NCc1nncn1C)NCc1oc2ccccc2c1C.I. The summed E-state index contributed by atoms with van der Waals surface area (Å²) in [7, 11) is 1.91. The maximum absolute atomic E-state index is 5.93. The number of nitrogens with zero attached hydrogens (tertiary/aromatic N) is 4. The van der Waals surface area contributed by atoms with E-state index in [0.29, 0.717) is 13.1 Å². The first kappa shape index (κ1) is 19.2. The molecule has 0 aliphatic heterocycles. The lowest BCUT2D eigenvalue weighted by molar-refractivity contribution is 0.534. The number of halogens is 1. The predicted molar refractivity (Wildman–Crippen MR) is 109 cm³/mol. The molecule has 0 saturated heterocycles. The van der Waals surface area contributed by atoms with E-state index in [1.165, 1.54) is 0 Å². The summed E-state index contributed by atoms with van der Waals surface area (Å²) in [4.78, 5) is 4.54. The van der Waals surface area contributed by atoms with Crippen LogP contribution in [0.15, 0.2) is 40.0 Å². The third-order valence-electron chi connectivity index (χ3n) is 3.89. The van der Waals surface area contributed by atoms with E-state index in [-0.39, 0.29) is 24.0 Å². The number of guanidine groups is 1. The van der Waals surface area contributed by atoms with Gasteiger partial charge in [-0.15, -0.1) is 34.2 Å². The molecule has 0 aliphatic carbocycles. The van der Waals surface area contributed by atoms with Gasteiger partial charge in [-0.1, -0.05) is 18.2 Å². The molecule has 2 aromatic heterocycles. The Balaban J connectivity index is 0.00000225. The van der Waals surface area contributed by atoms with Crippen molar-refractivity contribution in [3.8, 4) is 0 Å². The zero-order valence-corrected chi connectivity index (χ0v) is 16.9. The summed E-state index contributed by atoms with van der Waals surface area (Å²) in [6.45, 7) is 5.93. The van der Waals surface area contributed by atoms with Gasteiger partial charge in [-0.2, -0.15) is 0 Å². The van der Waals surface area contributed by atoms with Crippen LogP contribution in [0.1, 0.15) is 24.1 Å². The Hall–Kier alpha value is -2.10. The summed E-state index contributed by atoms with van der Waals surface area (Å²) in [5.41, 5.74) is 2.06. The lowest BCUT2D eigenvalue weighted by atomic mass is 10.1. The summed E-state index contributed by atoms with van der Waals surface area (Å²) in [5.74, 6) is 2.45. The maximum Gasteiger partial charge on any atom is 0.192 e. The van der Waals surface area contributed by atoms with Crippen molar-refractivity contribution in [3.05, 3.63) is 47.7 Å². The highest BCUT2D eigenvalue weighted by atomic mass is 127. The molecule has 0 bridgehead atoms. The number of fused-ring (bicyclic) bond motifs is 1. The number of para-hydroxylation sites is 1. The number of aryl methyl sites for hydroxylation is 2. The van der Waals surface area contributed by atoms with Crippen LogP contribution in [0.5, 0.6) is 0 Å². The van der Waals surface area contributed by atoms with Gasteiger partial charge in [0.1, 0.15) is 24.2 Å². The Kier molecular flexibility index (Phi) is 6.80. The van der Waals surface area contributed by atoms with Crippen LogP contribution in [0.25, 0.3) is 11.0 Å². The third kappa shape index (κ3) is 4.50. The number of aromatic nitrogens is 3. The van der Waals surface area contributed by atoms with Crippen LogP contribution in [0.3, 0.4) is 0 Å². The quantitative estimate of drug-likeness (QED) is 0.352. The van der Waals surface area contributed by atoms with Gasteiger partial charge in [-0.05, 0) is 19.9 Å². The second kappa shape index (κ2) is 8.84. The molecule has 0 aliphatic rings. The minimum absolute atomic E-state index is 0. The van der Waals surface area contributed by atoms with Crippen LogP contribution >= 0.6 is 24.0 Å². The van der Waals surface area contributed by atoms with E-state index in [1.54, 1.807) is 6.33 Å². The highest BCUT2D eigenvalue weighted by Crippen LogP contribution is 2.24. The van der Waals surface area contributed by atoms with Crippen molar-refractivity contribution in [1.29, 1.82) is 0 Å². The lowest BCUT2D eigenvalue weighted by Crippen LogP contribution is -2.36. The van der Waals surface area contributed by atoms with Crippen molar-refractivity contribution in [2.45, 2.75) is 26.9 Å². The molecule has 2 N–H and O–H groups in total. The first-order valence-electron chi connectivity index (χ1n) is 8.01. The largest absolute Gasteiger partial charge is 0.459 e. The summed E-state index contributed by atoms with van der Waals surface area (Å²) in [5, 5.41) is 15.6. The minimum Gasteiger partial charge on any atom is -0.459 e. The van der Waals surface area contributed by atoms with Crippen LogP contribution in [-0.2, 0) is 20.1 Å². The van der Waals surface area contributed by atoms with Crippen LogP contribution in [0.2, 0.25) is 0 Å². The van der Waals surface area contributed by atoms with Gasteiger partial charge >= 0.3 is 0 Å². The number of hydrogen-bond donors (Lipinski definition) is 2. The van der Waals surface area contributed by atoms with Crippen molar-refractivity contribution in [1.82, 2.24) is 25.4 Å². The topological polar surface area (TPSA) is 80.3 Å². The Morgan fingerprint density at radius 3 is 2.76 bits per heavy atom. The molecule has 25 heavy (non-hydrogen) atoms. The fraction of sp³-hybridized carbons (Fsp3) is 0.353. The Labute approximate surface area is 163 Å². The molecule has 1 aromatic carbocycles. The number of benzene rings is 1. The van der Waals surface area contributed by atoms with Gasteiger partial charge in [-0.25, -0.2) is 4.99 Å². The van der Waals surface area contributed by atoms with E-state index in [0.717, 1.165) is 40.6 Å². The fourth-order valence-electron chi connectivity index (χ4n) is 2.50. The molecule has 3 aromatic rings. The molecule has 134 valence electrons. The smallest absolute Gasteiger partial charge is 0.192 e. The zero-order valence-electron chi connectivity index (χ0n) is 14.6. The van der Waals surface area contributed by atoms with Gasteiger partial charge in [0.15, 0.2) is 11.8 Å². The second-order valence-electron chi connectivity index (χ2n) is 5.55. The summed E-state index contributed by atoms with van der Waals surface area (Å²) < 4.78 is 7.78. The molecule has 3 rings (SSSR count). The van der Waals surface area contributed by atoms with Crippen LogP contribution in [-0.4, -0.2) is 27.3 Å². The number of nitrogens with one attached hydrogen (secondary N) is 2. The highest BCUT2D eigenvalue weighted by molar-refractivity contribution is 14.0. The number of hydrogen-bond acceptors (Lipinski definition) is 4. The number of furan rings is 1. The Bertz CT molecular complexity index is 854. The van der Waals surface area contributed by atoms with Gasteiger partial charge in [-0.3, -0.25) is 0 Å². The number of aliphatic imine (C=N–C) groups is 1. The van der Waals surface area contributed by atoms with Crippen molar-refractivity contribution in [2.75, 3.05) is 6.54 Å². The molecule has 0 radical (unpaired) electrons.